The molecule has 2 heterocycles. The number of rotatable bonds is 2. The van der Waals surface area contributed by atoms with Crippen LogP contribution in [-0.4, -0.2) is 30.8 Å². The zero-order valence-corrected chi connectivity index (χ0v) is 12.5. The molecular formula is C17H19N3O. The van der Waals surface area contributed by atoms with Crippen LogP contribution in [0.2, 0.25) is 0 Å². The molecule has 0 bridgehead atoms. The van der Waals surface area contributed by atoms with Gasteiger partial charge in [0, 0.05) is 25.6 Å². The van der Waals surface area contributed by atoms with Crippen LogP contribution < -0.4 is 4.90 Å². The number of benzene rings is 1. The Morgan fingerprint density at radius 1 is 1.38 bits per heavy atom. The van der Waals surface area contributed by atoms with Crippen molar-refractivity contribution in [1.82, 2.24) is 4.98 Å². The molecule has 4 heteroatoms. The van der Waals surface area contributed by atoms with E-state index in [0.29, 0.717) is 5.56 Å². The van der Waals surface area contributed by atoms with Crippen LogP contribution in [0.1, 0.15) is 25.3 Å². The van der Waals surface area contributed by atoms with Crippen molar-refractivity contribution in [3.8, 4) is 6.07 Å². The van der Waals surface area contributed by atoms with Crippen LogP contribution in [0.15, 0.2) is 30.3 Å². The molecule has 0 aliphatic carbocycles. The lowest BCUT2D eigenvalue weighted by Crippen LogP contribution is -2.47. The quantitative estimate of drug-likeness (QED) is 0.848. The second kappa shape index (κ2) is 5.34. The lowest BCUT2D eigenvalue weighted by Gasteiger charge is -2.40. The van der Waals surface area contributed by atoms with E-state index in [0.717, 1.165) is 42.7 Å². The molecule has 1 atom stereocenters. The van der Waals surface area contributed by atoms with Gasteiger partial charge >= 0.3 is 0 Å². The average molecular weight is 281 g/mol. The van der Waals surface area contributed by atoms with Crippen LogP contribution in [0.5, 0.6) is 0 Å². The fourth-order valence-corrected chi connectivity index (χ4v) is 2.98. The second-order valence-corrected chi connectivity index (χ2v) is 5.84. The maximum Gasteiger partial charge on any atom is 0.130 e. The number of nitriles is 1. The highest BCUT2D eigenvalue weighted by atomic mass is 16.5. The number of hydrogen-bond donors (Lipinski definition) is 0. The summed E-state index contributed by atoms with van der Waals surface area (Å²) in [6.45, 7) is 3.89. The van der Waals surface area contributed by atoms with E-state index in [-0.39, 0.29) is 5.60 Å². The topological polar surface area (TPSA) is 49.1 Å². The maximum atomic E-state index is 9.39. The van der Waals surface area contributed by atoms with Crippen LogP contribution >= 0.6 is 0 Å². The summed E-state index contributed by atoms with van der Waals surface area (Å²) in [5.41, 5.74) is 1.41. The number of anilines is 1. The minimum absolute atomic E-state index is 0.140. The lowest BCUT2D eigenvalue weighted by molar-refractivity contribution is -0.00480. The molecule has 1 aromatic heterocycles. The van der Waals surface area contributed by atoms with E-state index in [4.69, 9.17) is 9.72 Å². The zero-order chi connectivity index (χ0) is 14.9. The SMILES string of the molecule is COC1(C)CCCN(c2cc(C#N)c3ccccc3n2)C1. The summed E-state index contributed by atoms with van der Waals surface area (Å²) in [6, 6.07) is 12.0. The first kappa shape index (κ1) is 13.8. The van der Waals surface area contributed by atoms with E-state index < -0.39 is 0 Å². The Morgan fingerprint density at radius 3 is 2.95 bits per heavy atom. The standard InChI is InChI=1S/C17H19N3O/c1-17(21-2)8-5-9-20(12-17)16-10-13(11-18)14-6-3-4-7-15(14)19-16/h3-4,6-7,10H,5,8-9,12H2,1-2H3. The van der Waals surface area contributed by atoms with Crippen molar-refractivity contribution in [2.24, 2.45) is 0 Å². The second-order valence-electron chi connectivity index (χ2n) is 5.84. The fourth-order valence-electron chi connectivity index (χ4n) is 2.98. The van der Waals surface area contributed by atoms with Gasteiger partial charge in [0.1, 0.15) is 5.82 Å². The molecule has 1 aliphatic rings. The largest absolute Gasteiger partial charge is 0.377 e. The Kier molecular flexibility index (Phi) is 3.52. The van der Waals surface area contributed by atoms with Crippen molar-refractivity contribution in [3.63, 3.8) is 0 Å². The van der Waals surface area contributed by atoms with Gasteiger partial charge in [-0.05, 0) is 31.9 Å². The Bertz CT molecular complexity index is 707. The van der Waals surface area contributed by atoms with E-state index in [1.165, 1.54) is 0 Å². The molecule has 0 saturated carbocycles. The molecule has 2 aromatic rings. The number of para-hydroxylation sites is 1. The van der Waals surface area contributed by atoms with Gasteiger partial charge in [-0.3, -0.25) is 0 Å². The van der Waals surface area contributed by atoms with Crippen molar-refractivity contribution in [1.29, 1.82) is 5.26 Å². The highest BCUT2D eigenvalue weighted by molar-refractivity contribution is 5.86. The Hall–Kier alpha value is -2.12. The Balaban J connectivity index is 2.03. The molecule has 1 saturated heterocycles. The molecular weight excluding hydrogens is 262 g/mol. The summed E-state index contributed by atoms with van der Waals surface area (Å²) < 4.78 is 5.64. The molecule has 1 unspecified atom stereocenters. The van der Waals surface area contributed by atoms with Crippen molar-refractivity contribution >= 4 is 16.7 Å². The van der Waals surface area contributed by atoms with Gasteiger partial charge in [-0.2, -0.15) is 5.26 Å². The summed E-state index contributed by atoms with van der Waals surface area (Å²) in [5, 5.41) is 10.3. The number of methoxy groups -OCH3 is 1. The molecule has 3 rings (SSSR count). The molecule has 21 heavy (non-hydrogen) atoms. The predicted octanol–water partition coefficient (Wildman–Crippen LogP) is 3.11. The summed E-state index contributed by atoms with van der Waals surface area (Å²) in [6.07, 6.45) is 2.12. The van der Waals surface area contributed by atoms with Gasteiger partial charge in [0.2, 0.25) is 0 Å². The molecule has 0 spiro atoms. The third kappa shape index (κ3) is 2.57. The highest BCUT2D eigenvalue weighted by Gasteiger charge is 2.31. The normalized spacial score (nSPS) is 22.2. The van der Waals surface area contributed by atoms with Crippen molar-refractivity contribution in [2.75, 3.05) is 25.1 Å². The highest BCUT2D eigenvalue weighted by Crippen LogP contribution is 2.29. The molecule has 4 nitrogen and oxygen atoms in total. The fraction of sp³-hybridized carbons (Fsp3) is 0.412. The zero-order valence-electron chi connectivity index (χ0n) is 12.5. The third-order valence-corrected chi connectivity index (χ3v) is 4.30. The van der Waals surface area contributed by atoms with Crippen molar-refractivity contribution < 1.29 is 4.74 Å². The van der Waals surface area contributed by atoms with Gasteiger partial charge in [0.25, 0.3) is 0 Å². The Morgan fingerprint density at radius 2 is 2.19 bits per heavy atom. The number of hydrogen-bond acceptors (Lipinski definition) is 4. The Labute approximate surface area is 125 Å². The molecule has 0 radical (unpaired) electrons. The predicted molar refractivity (Wildman–Crippen MR) is 83.3 cm³/mol. The summed E-state index contributed by atoms with van der Waals surface area (Å²) in [4.78, 5) is 6.95. The first-order valence-electron chi connectivity index (χ1n) is 7.25. The minimum Gasteiger partial charge on any atom is -0.377 e. The molecule has 1 fully saturated rings. The summed E-state index contributed by atoms with van der Waals surface area (Å²) in [7, 11) is 1.76. The number of aromatic nitrogens is 1. The van der Waals surface area contributed by atoms with Crippen LogP contribution in [0, 0.1) is 11.3 Å². The van der Waals surface area contributed by atoms with Crippen LogP contribution in [-0.2, 0) is 4.74 Å². The smallest absolute Gasteiger partial charge is 0.130 e. The number of fused-ring (bicyclic) bond motifs is 1. The van der Waals surface area contributed by atoms with E-state index in [1.807, 2.05) is 30.3 Å². The van der Waals surface area contributed by atoms with Gasteiger partial charge in [-0.15, -0.1) is 0 Å². The van der Waals surface area contributed by atoms with Gasteiger partial charge in [-0.25, -0.2) is 4.98 Å². The minimum atomic E-state index is -0.140. The number of piperidine rings is 1. The van der Waals surface area contributed by atoms with Crippen molar-refractivity contribution in [3.05, 3.63) is 35.9 Å². The lowest BCUT2D eigenvalue weighted by atomic mass is 9.94. The summed E-state index contributed by atoms with van der Waals surface area (Å²) >= 11 is 0. The van der Waals surface area contributed by atoms with Crippen molar-refractivity contribution in [2.45, 2.75) is 25.4 Å². The van der Waals surface area contributed by atoms with Gasteiger partial charge in [0.15, 0.2) is 0 Å². The molecule has 1 aromatic carbocycles. The molecule has 0 N–H and O–H groups in total. The molecule has 0 amide bonds. The van der Waals surface area contributed by atoms with E-state index in [2.05, 4.69) is 17.9 Å². The average Bonchev–Trinajstić information content (AvgIpc) is 2.54. The van der Waals surface area contributed by atoms with E-state index >= 15 is 0 Å². The maximum absolute atomic E-state index is 9.39. The van der Waals surface area contributed by atoms with Crippen LogP contribution in [0.4, 0.5) is 5.82 Å². The summed E-state index contributed by atoms with van der Waals surface area (Å²) in [5.74, 6) is 0.869. The van der Waals surface area contributed by atoms with Crippen LogP contribution in [0.3, 0.4) is 0 Å². The van der Waals surface area contributed by atoms with Gasteiger partial charge < -0.3 is 9.64 Å². The molecule has 108 valence electrons. The van der Waals surface area contributed by atoms with Crippen LogP contribution in [0.25, 0.3) is 10.9 Å². The number of pyridine rings is 1. The van der Waals surface area contributed by atoms with Gasteiger partial charge in [0.05, 0.1) is 22.8 Å². The number of ether oxygens (including phenoxy) is 1. The molecule has 1 aliphatic heterocycles. The monoisotopic (exact) mass is 281 g/mol. The third-order valence-electron chi connectivity index (χ3n) is 4.30. The van der Waals surface area contributed by atoms with Gasteiger partial charge in [-0.1, -0.05) is 18.2 Å². The number of nitrogens with zero attached hydrogens (tertiary/aromatic N) is 3. The van der Waals surface area contributed by atoms with E-state index in [9.17, 15) is 5.26 Å². The first-order chi connectivity index (χ1) is 10.1. The first-order valence-corrected chi connectivity index (χ1v) is 7.25. The van der Waals surface area contributed by atoms with E-state index in [1.54, 1.807) is 7.11 Å².